The number of rotatable bonds is 1. The second-order valence-electron chi connectivity index (χ2n) is 4.34. The lowest BCUT2D eigenvalue weighted by Crippen LogP contribution is -2.20. The first-order valence-electron chi connectivity index (χ1n) is 5.17. The van der Waals surface area contributed by atoms with E-state index in [2.05, 4.69) is 18.8 Å². The Morgan fingerprint density at radius 1 is 1.33 bits per heavy atom. The number of hydrogen-bond acceptors (Lipinski definition) is 3. The maximum Gasteiger partial charge on any atom is 0.156 e. The molecule has 15 heavy (non-hydrogen) atoms. The Labute approximate surface area is 90.5 Å². The molecule has 0 bridgehead atoms. The molecule has 3 nitrogen and oxygen atoms in total. The summed E-state index contributed by atoms with van der Waals surface area (Å²) in [5.41, 5.74) is 2.83. The van der Waals surface area contributed by atoms with Crippen LogP contribution < -0.4 is 0 Å². The van der Waals surface area contributed by atoms with Crippen molar-refractivity contribution in [3.63, 3.8) is 0 Å². The highest BCUT2D eigenvalue weighted by atomic mass is 32.2. The molecular formula is C11H15NO2S. The van der Waals surface area contributed by atoms with Crippen LogP contribution in [0.15, 0.2) is 12.1 Å². The van der Waals surface area contributed by atoms with Gasteiger partial charge in [-0.2, -0.15) is 0 Å². The number of pyridine rings is 1. The van der Waals surface area contributed by atoms with Crippen molar-refractivity contribution in [2.75, 3.05) is 5.75 Å². The second kappa shape index (κ2) is 3.59. The highest BCUT2D eigenvalue weighted by Crippen LogP contribution is 2.21. The predicted molar refractivity (Wildman–Crippen MR) is 59.5 cm³/mol. The molecule has 0 aliphatic carbocycles. The first kappa shape index (κ1) is 10.6. The summed E-state index contributed by atoms with van der Waals surface area (Å²) in [7, 11) is -2.90. The van der Waals surface area contributed by atoms with Gasteiger partial charge in [0.05, 0.1) is 17.2 Å². The van der Waals surface area contributed by atoms with E-state index in [1.807, 2.05) is 12.1 Å². The van der Waals surface area contributed by atoms with E-state index < -0.39 is 9.84 Å². The number of aryl methyl sites for hydroxylation is 1. The summed E-state index contributed by atoms with van der Waals surface area (Å²) in [5, 5.41) is 0. The van der Waals surface area contributed by atoms with E-state index in [9.17, 15) is 8.42 Å². The predicted octanol–water partition coefficient (Wildman–Crippen LogP) is 1.68. The molecule has 0 spiro atoms. The van der Waals surface area contributed by atoms with Gasteiger partial charge in [-0.15, -0.1) is 0 Å². The maximum absolute atomic E-state index is 11.5. The Kier molecular flexibility index (Phi) is 2.54. The molecule has 0 amide bonds. The molecule has 0 aromatic carbocycles. The minimum atomic E-state index is -2.90. The summed E-state index contributed by atoms with van der Waals surface area (Å²) in [6, 6.07) is 4.02. The van der Waals surface area contributed by atoms with Gasteiger partial charge < -0.3 is 0 Å². The number of hydrogen-bond donors (Lipinski definition) is 0. The zero-order valence-corrected chi connectivity index (χ0v) is 9.84. The number of aromatic nitrogens is 1. The molecule has 0 saturated carbocycles. The van der Waals surface area contributed by atoms with Gasteiger partial charge in [-0.25, -0.2) is 8.42 Å². The molecule has 0 radical (unpaired) electrons. The standard InChI is InChI=1S/C11H15NO2S/c1-8(2)10-4-3-9-5-6-15(13,14)7-11(9)12-10/h3-4,8H,5-7H2,1-2H3. The van der Waals surface area contributed by atoms with Crippen LogP contribution in [0.25, 0.3) is 0 Å². The molecule has 1 aromatic rings. The Bertz CT molecular complexity index is 477. The van der Waals surface area contributed by atoms with Crippen molar-refractivity contribution in [2.45, 2.75) is 31.9 Å². The fraction of sp³-hybridized carbons (Fsp3) is 0.545. The van der Waals surface area contributed by atoms with Gasteiger partial charge in [-0.3, -0.25) is 4.98 Å². The van der Waals surface area contributed by atoms with E-state index in [0.717, 1.165) is 17.0 Å². The molecule has 82 valence electrons. The van der Waals surface area contributed by atoms with Crippen LogP contribution in [0.4, 0.5) is 0 Å². The summed E-state index contributed by atoms with van der Waals surface area (Å²) in [4.78, 5) is 4.43. The Hall–Kier alpha value is -0.900. The van der Waals surface area contributed by atoms with Crippen LogP contribution in [-0.2, 0) is 22.0 Å². The highest BCUT2D eigenvalue weighted by Gasteiger charge is 2.22. The van der Waals surface area contributed by atoms with Gasteiger partial charge in [0.25, 0.3) is 0 Å². The summed E-state index contributed by atoms with van der Waals surface area (Å²) in [5.74, 6) is 0.728. The lowest BCUT2D eigenvalue weighted by atomic mass is 10.1. The highest BCUT2D eigenvalue weighted by molar-refractivity contribution is 7.90. The van der Waals surface area contributed by atoms with Crippen LogP contribution in [-0.4, -0.2) is 19.2 Å². The third kappa shape index (κ3) is 2.20. The van der Waals surface area contributed by atoms with Crippen molar-refractivity contribution >= 4 is 9.84 Å². The largest absolute Gasteiger partial charge is 0.256 e. The lowest BCUT2D eigenvalue weighted by Gasteiger charge is -2.17. The van der Waals surface area contributed by atoms with Gasteiger partial charge in [-0.05, 0) is 24.0 Å². The molecule has 0 atom stereocenters. The summed E-state index contributed by atoms with van der Waals surface area (Å²) in [6.45, 7) is 4.12. The summed E-state index contributed by atoms with van der Waals surface area (Å²) >= 11 is 0. The topological polar surface area (TPSA) is 47.0 Å². The van der Waals surface area contributed by atoms with Crippen molar-refractivity contribution in [1.29, 1.82) is 0 Å². The van der Waals surface area contributed by atoms with Crippen LogP contribution in [0.1, 0.15) is 36.7 Å². The molecule has 2 heterocycles. The molecule has 1 aromatic heterocycles. The third-order valence-electron chi connectivity index (χ3n) is 2.72. The number of fused-ring (bicyclic) bond motifs is 1. The van der Waals surface area contributed by atoms with Crippen molar-refractivity contribution in [3.8, 4) is 0 Å². The van der Waals surface area contributed by atoms with E-state index >= 15 is 0 Å². The van der Waals surface area contributed by atoms with E-state index in [0.29, 0.717) is 12.3 Å². The first-order chi connectivity index (χ1) is 6.98. The van der Waals surface area contributed by atoms with Crippen LogP contribution in [0.5, 0.6) is 0 Å². The average Bonchev–Trinajstić information content (AvgIpc) is 2.15. The Morgan fingerprint density at radius 2 is 2.07 bits per heavy atom. The zero-order chi connectivity index (χ0) is 11.1. The molecule has 0 fully saturated rings. The van der Waals surface area contributed by atoms with Crippen molar-refractivity contribution in [1.82, 2.24) is 4.98 Å². The van der Waals surface area contributed by atoms with E-state index in [1.165, 1.54) is 0 Å². The SMILES string of the molecule is CC(C)c1ccc2c(n1)CS(=O)(=O)CC2. The van der Waals surface area contributed by atoms with Crippen molar-refractivity contribution in [3.05, 3.63) is 29.1 Å². The smallest absolute Gasteiger partial charge is 0.156 e. The van der Waals surface area contributed by atoms with Gasteiger partial charge >= 0.3 is 0 Å². The Balaban J connectivity index is 2.44. The summed E-state index contributed by atoms with van der Waals surface area (Å²) < 4.78 is 22.9. The monoisotopic (exact) mass is 225 g/mol. The van der Waals surface area contributed by atoms with E-state index in [1.54, 1.807) is 0 Å². The minimum absolute atomic E-state index is 0.114. The Morgan fingerprint density at radius 3 is 2.73 bits per heavy atom. The quantitative estimate of drug-likeness (QED) is 0.730. The normalized spacial score (nSPS) is 18.9. The molecule has 0 saturated heterocycles. The first-order valence-corrected chi connectivity index (χ1v) is 6.99. The summed E-state index contributed by atoms with van der Waals surface area (Å²) in [6.07, 6.45) is 0.614. The average molecular weight is 225 g/mol. The van der Waals surface area contributed by atoms with Crippen LogP contribution in [0, 0.1) is 0 Å². The molecular weight excluding hydrogens is 210 g/mol. The van der Waals surface area contributed by atoms with Gasteiger partial charge in [0.2, 0.25) is 0 Å². The van der Waals surface area contributed by atoms with Crippen LogP contribution in [0.2, 0.25) is 0 Å². The third-order valence-corrected chi connectivity index (χ3v) is 4.26. The van der Waals surface area contributed by atoms with Gasteiger partial charge in [0.1, 0.15) is 0 Å². The molecule has 1 aliphatic rings. The molecule has 0 unspecified atom stereocenters. The molecule has 1 aliphatic heterocycles. The van der Waals surface area contributed by atoms with Gasteiger partial charge in [0, 0.05) is 5.69 Å². The van der Waals surface area contributed by atoms with Crippen LogP contribution >= 0.6 is 0 Å². The molecule has 4 heteroatoms. The van der Waals surface area contributed by atoms with E-state index in [4.69, 9.17) is 0 Å². The van der Waals surface area contributed by atoms with Gasteiger partial charge in [-0.1, -0.05) is 19.9 Å². The zero-order valence-electron chi connectivity index (χ0n) is 9.03. The fourth-order valence-corrected chi connectivity index (χ4v) is 3.11. The second-order valence-corrected chi connectivity index (χ2v) is 6.52. The van der Waals surface area contributed by atoms with Crippen molar-refractivity contribution in [2.24, 2.45) is 0 Å². The number of nitrogens with zero attached hydrogens (tertiary/aromatic N) is 1. The minimum Gasteiger partial charge on any atom is -0.256 e. The maximum atomic E-state index is 11.5. The van der Waals surface area contributed by atoms with Gasteiger partial charge in [0.15, 0.2) is 9.84 Å². The van der Waals surface area contributed by atoms with E-state index in [-0.39, 0.29) is 11.5 Å². The van der Waals surface area contributed by atoms with Crippen LogP contribution in [0.3, 0.4) is 0 Å². The molecule has 2 rings (SSSR count). The van der Waals surface area contributed by atoms with Crippen molar-refractivity contribution < 1.29 is 8.42 Å². The number of sulfone groups is 1. The fourth-order valence-electron chi connectivity index (χ4n) is 1.77. The molecule has 0 N–H and O–H groups in total. The lowest BCUT2D eigenvalue weighted by molar-refractivity contribution is 0.590.